The van der Waals surface area contributed by atoms with Gasteiger partial charge in [-0.3, -0.25) is 4.79 Å². The van der Waals surface area contributed by atoms with Gasteiger partial charge < -0.3 is 9.84 Å². The molecule has 0 aromatic heterocycles. The maximum absolute atomic E-state index is 12.6. The molecule has 150 valence electrons. The van der Waals surface area contributed by atoms with Gasteiger partial charge in [-0.25, -0.2) is 0 Å². The van der Waals surface area contributed by atoms with E-state index in [1.807, 2.05) is 0 Å². The van der Waals surface area contributed by atoms with Crippen LogP contribution in [0.4, 0.5) is 0 Å². The number of rotatable bonds is 13. The minimum Gasteiger partial charge on any atom is -0.481 e. The number of carboxylic acids is 1. The minimum atomic E-state index is -0.765. The third kappa shape index (κ3) is 6.26. The van der Waals surface area contributed by atoms with Gasteiger partial charge in [0, 0.05) is 19.6 Å². The zero-order chi connectivity index (χ0) is 19.6. The van der Waals surface area contributed by atoms with E-state index in [1.54, 1.807) is 7.11 Å². The molecule has 0 spiro atoms. The summed E-state index contributed by atoms with van der Waals surface area (Å²) in [7, 11) is 1.70. The molecule has 0 bridgehead atoms. The second kappa shape index (κ2) is 11.6. The molecule has 0 saturated carbocycles. The van der Waals surface area contributed by atoms with E-state index in [2.05, 4.69) is 39.8 Å². The maximum Gasteiger partial charge on any atom is 0.314 e. The summed E-state index contributed by atoms with van der Waals surface area (Å²) in [6, 6.07) is 0. The third-order valence-electron chi connectivity index (χ3n) is 5.59. The summed E-state index contributed by atoms with van der Waals surface area (Å²) in [5.41, 5.74) is 1.77. The topological polar surface area (TPSA) is 46.5 Å². The number of ether oxygens (including phenoxy) is 1. The molecule has 1 aliphatic carbocycles. The van der Waals surface area contributed by atoms with Crippen molar-refractivity contribution in [1.82, 2.24) is 0 Å². The van der Waals surface area contributed by atoms with E-state index in [9.17, 15) is 9.90 Å². The molecule has 0 heterocycles. The van der Waals surface area contributed by atoms with Crippen LogP contribution in [0.3, 0.4) is 0 Å². The highest BCUT2D eigenvalue weighted by molar-refractivity contribution is 5.79. The Morgan fingerprint density at radius 3 is 2.46 bits per heavy atom. The van der Waals surface area contributed by atoms with E-state index < -0.39 is 11.4 Å². The van der Waals surface area contributed by atoms with E-state index in [1.165, 1.54) is 17.6 Å². The van der Waals surface area contributed by atoms with E-state index >= 15 is 0 Å². The third-order valence-corrected chi connectivity index (χ3v) is 5.59. The van der Waals surface area contributed by atoms with Crippen molar-refractivity contribution < 1.29 is 14.6 Å². The van der Waals surface area contributed by atoms with Crippen LogP contribution in [0.25, 0.3) is 0 Å². The maximum atomic E-state index is 12.6. The van der Waals surface area contributed by atoms with Gasteiger partial charge in [0.2, 0.25) is 0 Å². The zero-order valence-corrected chi connectivity index (χ0v) is 17.6. The van der Waals surface area contributed by atoms with E-state index in [0.717, 1.165) is 51.4 Å². The molecule has 3 nitrogen and oxygen atoms in total. The quantitative estimate of drug-likeness (QED) is 0.385. The molecule has 0 amide bonds. The first kappa shape index (κ1) is 23.0. The number of methoxy groups -OCH3 is 1. The van der Waals surface area contributed by atoms with Crippen LogP contribution in [0.5, 0.6) is 0 Å². The average molecular weight is 365 g/mol. The monoisotopic (exact) mass is 364 g/mol. The summed E-state index contributed by atoms with van der Waals surface area (Å²) in [5.74, 6) is 0.0752. The molecular weight excluding hydrogens is 324 g/mol. The van der Waals surface area contributed by atoms with Crippen molar-refractivity contribution in [3.63, 3.8) is 0 Å². The molecule has 1 rings (SSSR count). The van der Waals surface area contributed by atoms with Gasteiger partial charge in [0.05, 0.1) is 5.41 Å². The van der Waals surface area contributed by atoms with Gasteiger partial charge in [-0.1, -0.05) is 83.1 Å². The summed E-state index contributed by atoms with van der Waals surface area (Å²) in [6.45, 7) is 9.42. The van der Waals surface area contributed by atoms with Gasteiger partial charge in [-0.2, -0.15) is 0 Å². The van der Waals surface area contributed by atoms with Crippen molar-refractivity contribution in [3.8, 4) is 0 Å². The Balaban J connectivity index is 3.18. The Bertz CT molecular complexity index is 490. The number of aliphatic carboxylic acids is 1. The first-order valence-electron chi connectivity index (χ1n) is 10.6. The summed E-state index contributed by atoms with van der Waals surface area (Å²) >= 11 is 0. The summed E-state index contributed by atoms with van der Waals surface area (Å²) in [5, 5.41) is 10.3. The number of carboxylic acid groups (broad SMARTS) is 1. The lowest BCUT2D eigenvalue weighted by Gasteiger charge is -2.40. The SMILES string of the molecule is CCCC1=CC(CCCCC(C)C)(C(=O)O)C(CCOC)C(CCC)=C1. The Morgan fingerprint density at radius 2 is 1.92 bits per heavy atom. The number of hydrogen-bond donors (Lipinski definition) is 1. The average Bonchev–Trinajstić information content (AvgIpc) is 2.58. The summed E-state index contributed by atoms with van der Waals surface area (Å²) < 4.78 is 5.33. The molecule has 1 aliphatic rings. The highest BCUT2D eigenvalue weighted by Gasteiger charge is 2.46. The molecule has 1 N–H and O–H groups in total. The van der Waals surface area contributed by atoms with Gasteiger partial charge in [0.1, 0.15) is 0 Å². The Kier molecular flexibility index (Phi) is 10.2. The lowest BCUT2D eigenvalue weighted by atomic mass is 9.63. The smallest absolute Gasteiger partial charge is 0.314 e. The molecule has 0 aliphatic heterocycles. The normalized spacial score (nSPS) is 23.1. The van der Waals surface area contributed by atoms with E-state index in [-0.39, 0.29) is 5.92 Å². The van der Waals surface area contributed by atoms with Crippen LogP contribution < -0.4 is 0 Å². The van der Waals surface area contributed by atoms with Crippen LogP contribution in [0.15, 0.2) is 23.3 Å². The Hall–Kier alpha value is -1.09. The fourth-order valence-electron chi connectivity index (χ4n) is 4.32. The van der Waals surface area contributed by atoms with Crippen molar-refractivity contribution >= 4 is 5.97 Å². The van der Waals surface area contributed by atoms with Gasteiger partial charge in [-0.05, 0) is 31.6 Å². The number of carbonyl (C=O) groups is 1. The second-order valence-corrected chi connectivity index (χ2v) is 8.26. The predicted molar refractivity (Wildman–Crippen MR) is 109 cm³/mol. The summed E-state index contributed by atoms with van der Waals surface area (Å²) in [6.07, 6.45) is 13.2. The van der Waals surface area contributed by atoms with Crippen LogP contribution in [0.1, 0.15) is 85.5 Å². The fraction of sp³-hybridized carbons (Fsp3) is 0.783. The minimum absolute atomic E-state index is 0.0551. The van der Waals surface area contributed by atoms with Crippen LogP contribution in [-0.4, -0.2) is 24.8 Å². The molecule has 0 aromatic rings. The molecule has 3 heteroatoms. The molecule has 0 radical (unpaired) electrons. The molecular formula is C23H40O3. The predicted octanol–water partition coefficient (Wildman–Crippen LogP) is 6.39. The van der Waals surface area contributed by atoms with Crippen molar-refractivity contribution in [2.75, 3.05) is 13.7 Å². The molecule has 2 unspecified atom stereocenters. The zero-order valence-electron chi connectivity index (χ0n) is 17.6. The van der Waals surface area contributed by atoms with Gasteiger partial charge in [-0.15, -0.1) is 0 Å². The highest BCUT2D eigenvalue weighted by atomic mass is 16.5. The van der Waals surface area contributed by atoms with Crippen molar-refractivity contribution in [1.29, 1.82) is 0 Å². The number of hydrogen-bond acceptors (Lipinski definition) is 2. The van der Waals surface area contributed by atoms with Crippen LogP contribution in [-0.2, 0) is 9.53 Å². The fourth-order valence-corrected chi connectivity index (χ4v) is 4.32. The van der Waals surface area contributed by atoms with E-state index in [4.69, 9.17) is 4.74 Å². The van der Waals surface area contributed by atoms with Crippen molar-refractivity contribution in [3.05, 3.63) is 23.3 Å². The lowest BCUT2D eigenvalue weighted by Crippen LogP contribution is -2.41. The van der Waals surface area contributed by atoms with E-state index in [0.29, 0.717) is 12.5 Å². The first-order valence-corrected chi connectivity index (χ1v) is 10.6. The molecule has 0 saturated heterocycles. The highest BCUT2D eigenvalue weighted by Crippen LogP contribution is 2.47. The standard InChI is InChI=1S/C23H40O3/c1-6-10-19-16-20(11-7-2)21(13-15-26-5)23(17-19,22(24)25)14-9-8-12-18(3)4/h16-18,21H,6-15H2,1-5H3,(H,24,25). The lowest BCUT2D eigenvalue weighted by molar-refractivity contribution is -0.149. The van der Waals surface area contributed by atoms with Gasteiger partial charge >= 0.3 is 5.97 Å². The van der Waals surface area contributed by atoms with Gasteiger partial charge in [0.25, 0.3) is 0 Å². The molecule has 26 heavy (non-hydrogen) atoms. The second-order valence-electron chi connectivity index (χ2n) is 8.26. The Labute approximate surface area is 160 Å². The van der Waals surface area contributed by atoms with Crippen molar-refractivity contribution in [2.45, 2.75) is 85.5 Å². The van der Waals surface area contributed by atoms with Crippen molar-refractivity contribution in [2.24, 2.45) is 17.3 Å². The Morgan fingerprint density at radius 1 is 1.23 bits per heavy atom. The van der Waals surface area contributed by atoms with Crippen LogP contribution in [0, 0.1) is 17.3 Å². The van der Waals surface area contributed by atoms with Crippen LogP contribution >= 0.6 is 0 Å². The largest absolute Gasteiger partial charge is 0.481 e. The summed E-state index contributed by atoms with van der Waals surface area (Å²) in [4.78, 5) is 12.6. The first-order chi connectivity index (χ1) is 12.4. The molecule has 0 fully saturated rings. The van der Waals surface area contributed by atoms with Gasteiger partial charge in [0.15, 0.2) is 0 Å². The molecule has 2 atom stereocenters. The number of unbranched alkanes of at least 4 members (excludes halogenated alkanes) is 1. The van der Waals surface area contributed by atoms with Crippen LogP contribution in [0.2, 0.25) is 0 Å². The number of allylic oxidation sites excluding steroid dienone is 3. The molecule has 0 aromatic carbocycles.